The first-order chi connectivity index (χ1) is 15.8. The predicted octanol–water partition coefficient (Wildman–Crippen LogP) is 3.31. The maximum Gasteiger partial charge on any atom is 0.490 e. The fourth-order valence-corrected chi connectivity index (χ4v) is 4.11. The molecule has 1 aliphatic heterocycles. The summed E-state index contributed by atoms with van der Waals surface area (Å²) in [5, 5.41) is 13.6. The number of rotatable bonds is 8. The van der Waals surface area contributed by atoms with Crippen LogP contribution in [-0.2, 0) is 20.1 Å². The molecule has 2 amide bonds. The normalized spacial score (nSPS) is 16.0. The van der Waals surface area contributed by atoms with E-state index in [9.17, 15) is 27.2 Å². The Labute approximate surface area is 204 Å². The molecule has 2 rings (SSSR count). The van der Waals surface area contributed by atoms with Crippen molar-refractivity contribution in [3.63, 3.8) is 0 Å². The Morgan fingerprint density at radius 2 is 1.97 bits per heavy atom. The summed E-state index contributed by atoms with van der Waals surface area (Å²) in [6, 6.07) is 4.16. The monoisotopic (exact) mass is 529 g/mol. The number of hydrogen-bond donors (Lipinski definition) is 3. The standard InChI is InChI=1S/C19H27ClFN3O2S.C2HF3O2/c1-13(2)10-18(25)24-8-6-22-11-17(24)19(26)23-7-9-27-12-14-15(20)4-3-5-16(14)21;3-2(4,5)1(6)7/h3-5,13,17,22H,6-12H2,1-2H3,(H,23,26);(H,6,7)/t17-;/m1./s1. The molecule has 13 heteroatoms. The molecule has 0 aliphatic carbocycles. The van der Waals surface area contributed by atoms with Crippen LogP contribution in [0.2, 0.25) is 5.02 Å². The first-order valence-corrected chi connectivity index (χ1v) is 12.0. The number of aliphatic carboxylic acids is 1. The maximum atomic E-state index is 13.7. The van der Waals surface area contributed by atoms with Crippen molar-refractivity contribution in [2.45, 2.75) is 38.2 Å². The van der Waals surface area contributed by atoms with E-state index < -0.39 is 18.2 Å². The SMILES string of the molecule is CC(C)CC(=O)N1CCNC[C@@H]1C(=O)NCCSCc1c(F)cccc1Cl.O=C(O)C(F)(F)F. The van der Waals surface area contributed by atoms with Gasteiger partial charge < -0.3 is 20.6 Å². The Bertz CT molecular complexity index is 822. The quantitative estimate of drug-likeness (QED) is 0.353. The summed E-state index contributed by atoms with van der Waals surface area (Å²) < 4.78 is 45.5. The van der Waals surface area contributed by atoms with Crippen molar-refractivity contribution in [3.05, 3.63) is 34.6 Å². The Kier molecular flexibility index (Phi) is 12.7. The predicted molar refractivity (Wildman–Crippen MR) is 122 cm³/mol. The van der Waals surface area contributed by atoms with Gasteiger partial charge in [0.25, 0.3) is 0 Å². The molecule has 1 aliphatic rings. The molecule has 0 spiro atoms. The number of amides is 2. The Morgan fingerprint density at radius 1 is 1.32 bits per heavy atom. The highest BCUT2D eigenvalue weighted by atomic mass is 35.5. The van der Waals surface area contributed by atoms with E-state index in [0.29, 0.717) is 54.7 Å². The minimum absolute atomic E-state index is 0.0234. The number of hydrogen-bond acceptors (Lipinski definition) is 5. The van der Waals surface area contributed by atoms with Gasteiger partial charge in [-0.3, -0.25) is 9.59 Å². The van der Waals surface area contributed by atoms with Crippen molar-refractivity contribution in [2.75, 3.05) is 31.9 Å². The van der Waals surface area contributed by atoms with E-state index in [1.165, 1.54) is 17.8 Å². The van der Waals surface area contributed by atoms with E-state index in [1.807, 2.05) is 13.8 Å². The number of carbonyl (C=O) groups is 3. The number of alkyl halides is 3. The zero-order valence-electron chi connectivity index (χ0n) is 18.8. The molecule has 7 nitrogen and oxygen atoms in total. The van der Waals surface area contributed by atoms with E-state index >= 15 is 0 Å². The van der Waals surface area contributed by atoms with E-state index in [2.05, 4.69) is 10.6 Å². The van der Waals surface area contributed by atoms with Crippen molar-refractivity contribution in [3.8, 4) is 0 Å². The van der Waals surface area contributed by atoms with Gasteiger partial charge in [-0.25, -0.2) is 9.18 Å². The lowest BCUT2D eigenvalue weighted by atomic mass is 10.1. The van der Waals surface area contributed by atoms with E-state index in [4.69, 9.17) is 21.5 Å². The summed E-state index contributed by atoms with van der Waals surface area (Å²) in [7, 11) is 0. The van der Waals surface area contributed by atoms with Gasteiger partial charge in [0.1, 0.15) is 11.9 Å². The summed E-state index contributed by atoms with van der Waals surface area (Å²) in [6.07, 6.45) is -4.64. The van der Waals surface area contributed by atoms with Gasteiger partial charge in [0.15, 0.2) is 0 Å². The largest absolute Gasteiger partial charge is 0.490 e. The number of carbonyl (C=O) groups excluding carboxylic acids is 2. The van der Waals surface area contributed by atoms with Crippen LogP contribution >= 0.6 is 23.4 Å². The van der Waals surface area contributed by atoms with Crippen LogP contribution in [0.5, 0.6) is 0 Å². The van der Waals surface area contributed by atoms with Crippen LogP contribution in [0.1, 0.15) is 25.8 Å². The second-order valence-electron chi connectivity index (χ2n) is 7.75. The third-order valence-corrected chi connectivity index (χ3v) is 5.89. The molecule has 192 valence electrons. The number of nitrogens with zero attached hydrogens (tertiary/aromatic N) is 1. The van der Waals surface area contributed by atoms with Crippen LogP contribution < -0.4 is 10.6 Å². The first-order valence-electron chi connectivity index (χ1n) is 10.4. The molecular weight excluding hydrogens is 502 g/mol. The highest BCUT2D eigenvalue weighted by Gasteiger charge is 2.38. The van der Waals surface area contributed by atoms with Gasteiger partial charge in [-0.2, -0.15) is 24.9 Å². The summed E-state index contributed by atoms with van der Waals surface area (Å²) in [5.74, 6) is -1.85. The number of piperazine rings is 1. The molecule has 34 heavy (non-hydrogen) atoms. The minimum Gasteiger partial charge on any atom is -0.475 e. The number of benzene rings is 1. The zero-order valence-corrected chi connectivity index (χ0v) is 20.3. The number of halogens is 5. The van der Waals surface area contributed by atoms with Crippen LogP contribution in [0.4, 0.5) is 17.6 Å². The number of carboxylic acids is 1. The molecule has 0 saturated carbocycles. The van der Waals surface area contributed by atoms with Crippen LogP contribution in [0.25, 0.3) is 0 Å². The topological polar surface area (TPSA) is 98.7 Å². The number of thioether (sulfide) groups is 1. The van der Waals surface area contributed by atoms with E-state index in [0.717, 1.165) is 0 Å². The van der Waals surface area contributed by atoms with Crippen molar-refractivity contribution in [1.82, 2.24) is 15.5 Å². The first kappa shape index (κ1) is 30.0. The summed E-state index contributed by atoms with van der Waals surface area (Å²) >= 11 is 7.51. The summed E-state index contributed by atoms with van der Waals surface area (Å²) in [4.78, 5) is 35.5. The van der Waals surface area contributed by atoms with Crippen molar-refractivity contribution in [1.29, 1.82) is 0 Å². The average molecular weight is 530 g/mol. The Hall–Kier alpha value is -2.05. The third kappa shape index (κ3) is 10.5. The van der Waals surface area contributed by atoms with Crippen molar-refractivity contribution >= 4 is 41.1 Å². The van der Waals surface area contributed by atoms with Crippen molar-refractivity contribution < 1.29 is 37.1 Å². The lowest BCUT2D eigenvalue weighted by Gasteiger charge is -2.35. The van der Waals surface area contributed by atoms with Gasteiger partial charge in [0, 0.05) is 54.7 Å². The molecule has 1 saturated heterocycles. The number of carboxylic acid groups (broad SMARTS) is 1. The highest BCUT2D eigenvalue weighted by Crippen LogP contribution is 2.23. The second-order valence-corrected chi connectivity index (χ2v) is 9.26. The second kappa shape index (κ2) is 14.4. The summed E-state index contributed by atoms with van der Waals surface area (Å²) in [5.41, 5.74) is 0.484. The van der Waals surface area contributed by atoms with Crippen LogP contribution in [0, 0.1) is 11.7 Å². The summed E-state index contributed by atoms with van der Waals surface area (Å²) in [6.45, 7) is 6.16. The molecule has 0 bridgehead atoms. The van der Waals surface area contributed by atoms with Crippen molar-refractivity contribution in [2.24, 2.45) is 5.92 Å². The molecule has 1 heterocycles. The van der Waals surface area contributed by atoms with E-state index in [-0.39, 0.29) is 23.5 Å². The zero-order chi connectivity index (χ0) is 25.9. The molecule has 0 aromatic heterocycles. The molecule has 3 N–H and O–H groups in total. The van der Waals surface area contributed by atoms with Crippen LogP contribution in [0.15, 0.2) is 18.2 Å². The van der Waals surface area contributed by atoms with Crippen LogP contribution in [0.3, 0.4) is 0 Å². The molecule has 0 radical (unpaired) electrons. The smallest absolute Gasteiger partial charge is 0.475 e. The fraction of sp³-hybridized carbons (Fsp3) is 0.571. The lowest BCUT2D eigenvalue weighted by molar-refractivity contribution is -0.192. The molecule has 1 atom stereocenters. The Morgan fingerprint density at radius 3 is 2.53 bits per heavy atom. The molecule has 1 aromatic carbocycles. The molecule has 0 unspecified atom stereocenters. The van der Waals surface area contributed by atoms with Gasteiger partial charge in [0.2, 0.25) is 11.8 Å². The minimum atomic E-state index is -5.08. The van der Waals surface area contributed by atoms with Gasteiger partial charge in [0.05, 0.1) is 0 Å². The third-order valence-electron chi connectivity index (χ3n) is 4.55. The van der Waals surface area contributed by atoms with E-state index in [1.54, 1.807) is 17.0 Å². The molecule has 1 aromatic rings. The molecular formula is C21H28ClF4N3O4S. The highest BCUT2D eigenvalue weighted by molar-refractivity contribution is 7.98. The maximum absolute atomic E-state index is 13.7. The Balaban J connectivity index is 0.000000718. The molecule has 1 fully saturated rings. The van der Waals surface area contributed by atoms with Gasteiger partial charge in [-0.15, -0.1) is 0 Å². The average Bonchev–Trinajstić information content (AvgIpc) is 2.74. The number of nitrogens with one attached hydrogen (secondary N) is 2. The fourth-order valence-electron chi connectivity index (χ4n) is 2.91. The van der Waals surface area contributed by atoms with Gasteiger partial charge >= 0.3 is 12.1 Å². The van der Waals surface area contributed by atoms with Crippen LogP contribution in [-0.4, -0.2) is 71.9 Å². The van der Waals surface area contributed by atoms with Gasteiger partial charge in [-0.05, 0) is 18.1 Å². The lowest BCUT2D eigenvalue weighted by Crippen LogP contribution is -2.59. The van der Waals surface area contributed by atoms with Gasteiger partial charge in [-0.1, -0.05) is 31.5 Å².